The van der Waals surface area contributed by atoms with Crippen LogP contribution in [0.5, 0.6) is 51.7 Å². The van der Waals surface area contributed by atoms with Crippen molar-refractivity contribution in [2.75, 3.05) is 421 Å². The lowest BCUT2D eigenvalue weighted by Gasteiger charge is -2.23. The van der Waals surface area contributed by atoms with Gasteiger partial charge in [0.05, 0.1) is 331 Å². The second kappa shape index (κ2) is 84.7. The molecule has 788 valence electrons. The zero-order chi connectivity index (χ0) is 98.5. The Hall–Kier alpha value is -7.81. The summed E-state index contributed by atoms with van der Waals surface area (Å²) in [6.07, 6.45) is 0. The minimum absolute atomic E-state index is 0.139. The van der Waals surface area contributed by atoms with E-state index in [0.29, 0.717) is 340 Å². The molecule has 40 heteroatoms. The van der Waals surface area contributed by atoms with Gasteiger partial charge in [-0.05, 0) is 72.8 Å². The molecule has 0 saturated carbocycles. The number of rotatable bonds is 99. The van der Waals surface area contributed by atoms with E-state index in [4.69, 9.17) is 185 Å². The summed E-state index contributed by atoms with van der Waals surface area (Å²) in [6.45, 7) is 18.7. The molecule has 0 aliphatic rings. The van der Waals surface area contributed by atoms with Crippen LogP contribution in [0.3, 0.4) is 0 Å². The fourth-order valence-corrected chi connectivity index (χ4v) is 12.3. The van der Waals surface area contributed by atoms with Gasteiger partial charge >= 0.3 is 0 Å². The van der Waals surface area contributed by atoms with Crippen LogP contribution in [0.1, 0.15) is 17.1 Å². The Bertz CT molecular complexity index is 3390. The van der Waals surface area contributed by atoms with E-state index >= 15 is 0 Å². The maximum Gasteiger partial charge on any atom is 0.203 e. The summed E-state index contributed by atoms with van der Waals surface area (Å²) in [5.74, 6) is 3.27. The van der Waals surface area contributed by atoms with Crippen LogP contribution in [0.4, 0.5) is 0 Å². The molecule has 0 N–H and O–H groups in total. The third-order valence-corrected chi connectivity index (χ3v) is 19.1. The molecule has 0 amide bonds. The topological polar surface area (TPSA) is 374 Å². The van der Waals surface area contributed by atoms with Gasteiger partial charge in [-0.2, -0.15) is 0 Å². The zero-order valence-electron chi connectivity index (χ0n) is 83.5. The lowest BCUT2D eigenvalue weighted by atomic mass is 10.1. The van der Waals surface area contributed by atoms with Crippen LogP contribution in [0.2, 0.25) is 0 Å². The molecule has 0 fully saturated rings. The minimum atomic E-state index is 0.139. The molecule has 0 bridgehead atoms. The fraction of sp³-hybridized carbons (Fsp3) is 0.667. The maximum absolute atomic E-state index is 6.63. The highest BCUT2D eigenvalue weighted by Crippen LogP contribution is 2.45. The molecule has 6 rings (SSSR count). The molecule has 0 saturated heterocycles. The van der Waals surface area contributed by atoms with Crippen molar-refractivity contribution < 1.29 is 171 Å². The van der Waals surface area contributed by atoms with E-state index < -0.39 is 0 Å². The molecule has 0 unspecified atom stereocenters. The summed E-state index contributed by atoms with van der Waals surface area (Å²) in [5, 5.41) is 0. The van der Waals surface area contributed by atoms with Crippen molar-refractivity contribution in [2.45, 2.75) is 19.6 Å². The summed E-state index contributed by atoms with van der Waals surface area (Å²) in [6, 6.07) is 28.9. The summed E-state index contributed by atoms with van der Waals surface area (Å²) in [5.41, 5.74) is 5.83. The minimum Gasteiger partial charge on any atom is -0.487 e. The van der Waals surface area contributed by atoms with E-state index in [1.165, 1.54) is 0 Å². The number of nitrogens with zero attached hydrogens (tertiary/aromatic N) is 4. The number of hydrogen-bond donors (Lipinski definition) is 0. The molecule has 0 radical (unpaired) electrons. The average molecular weight is 1980 g/mol. The molecule has 0 spiro atoms. The molecule has 3 aromatic carbocycles. The van der Waals surface area contributed by atoms with Crippen molar-refractivity contribution in [2.24, 2.45) is 0 Å². The van der Waals surface area contributed by atoms with E-state index in [2.05, 4.69) is 4.90 Å². The summed E-state index contributed by atoms with van der Waals surface area (Å²) >= 11 is 0. The Morgan fingerprint density at radius 2 is 0.302 bits per heavy atom. The molecule has 139 heavy (non-hydrogen) atoms. The molecule has 40 nitrogen and oxygen atoms in total. The van der Waals surface area contributed by atoms with E-state index in [1.807, 2.05) is 91.0 Å². The van der Waals surface area contributed by atoms with Crippen LogP contribution in [-0.2, 0) is 148 Å². The van der Waals surface area contributed by atoms with Gasteiger partial charge in [-0.15, -0.1) is 0 Å². The first-order valence-corrected chi connectivity index (χ1v) is 47.4. The Kier molecular flexibility index (Phi) is 73.0. The largest absolute Gasteiger partial charge is 0.487 e. The van der Waals surface area contributed by atoms with Gasteiger partial charge in [-0.25, -0.2) is 0 Å². The number of hydrogen-bond acceptors (Lipinski definition) is 40. The van der Waals surface area contributed by atoms with Gasteiger partial charge in [-0.1, -0.05) is 18.2 Å². The number of benzene rings is 3. The second-order valence-electron chi connectivity index (χ2n) is 29.7. The van der Waals surface area contributed by atoms with Gasteiger partial charge < -0.3 is 171 Å². The first-order valence-electron chi connectivity index (χ1n) is 47.4. The Morgan fingerprint density at radius 1 is 0.165 bits per heavy atom. The van der Waals surface area contributed by atoms with Crippen molar-refractivity contribution in [3.05, 3.63) is 108 Å². The summed E-state index contributed by atoms with van der Waals surface area (Å²) in [4.78, 5) is 18.6. The zero-order valence-corrected chi connectivity index (χ0v) is 83.5. The van der Waals surface area contributed by atoms with Gasteiger partial charge in [0.1, 0.15) is 59.5 Å². The van der Waals surface area contributed by atoms with Gasteiger partial charge in [-0.3, -0.25) is 19.9 Å². The molecule has 6 aromatic rings. The molecule has 0 atom stereocenters. The van der Waals surface area contributed by atoms with Crippen molar-refractivity contribution in [3.63, 3.8) is 0 Å². The smallest absolute Gasteiger partial charge is 0.203 e. The van der Waals surface area contributed by atoms with Gasteiger partial charge in [0, 0.05) is 100 Å². The second-order valence-corrected chi connectivity index (χ2v) is 29.7. The fourth-order valence-electron chi connectivity index (χ4n) is 12.3. The first-order chi connectivity index (χ1) is 68.8. The SMILES string of the molecule is COCCOCCOCCOc1cc(-c2cccc(CN(Cc3cccc(-c4cc(OCCOCCOCCOC)c(OCCOCCOCCOC)c(OCCOCCOCCOC)c4)n3)Cc3cccc(-c4cc(OCCOCCOCCOC)c(OCCOCCOCCOC)c(OCCOCCOCCOC)c4)n3)n2)cc(OCCOCCOCCOC)c1OCCOCCOCCOC. The Balaban J connectivity index is 1.49. The van der Waals surface area contributed by atoms with Gasteiger partial charge in [0.15, 0.2) is 34.5 Å². The number of methoxy groups -OCH3 is 9. The van der Waals surface area contributed by atoms with Crippen LogP contribution in [0.15, 0.2) is 91.0 Å². The van der Waals surface area contributed by atoms with E-state index in [0.717, 1.165) is 0 Å². The Labute approximate surface area is 820 Å². The molecule has 0 aliphatic carbocycles. The average Bonchev–Trinajstić information content (AvgIpc) is 0.796. The number of pyridine rings is 3. The third kappa shape index (κ3) is 57.3. The summed E-state index contributed by atoms with van der Waals surface area (Å²) in [7, 11) is 14.6. The molecule has 0 aliphatic heterocycles. The predicted octanol–water partition coefficient (Wildman–Crippen LogP) is 8.60. The highest BCUT2D eigenvalue weighted by Gasteiger charge is 2.24. The highest BCUT2D eigenvalue weighted by molar-refractivity contribution is 5.71. The van der Waals surface area contributed by atoms with Gasteiger partial charge in [0.2, 0.25) is 17.2 Å². The molecular formula is C99H156N4O36. The lowest BCUT2D eigenvalue weighted by Crippen LogP contribution is -2.24. The maximum atomic E-state index is 6.63. The predicted molar refractivity (Wildman–Crippen MR) is 513 cm³/mol. The summed E-state index contributed by atoms with van der Waals surface area (Å²) < 4.78 is 211. The lowest BCUT2D eigenvalue weighted by molar-refractivity contribution is 0.0146. The standard InChI is InChI=1S/C99H156N4O36/c1-104-19-28-113-37-46-122-55-64-131-91-73-82(74-92(132-65-56-123-47-38-114-29-20-105-2)97(91)137-70-61-128-52-43-119-34-25-110-7)88-16-10-13-85(100-88)79-103(80-86-14-11-17-89(101-86)83-75-93(133-66-57-124-48-39-115-30-21-106-3)98(138-71-62-129-53-44-120-35-26-111-8)94(76-83)134-67-58-125-49-40-116-31-22-107-4)81-87-15-12-18-90(102-87)84-77-95(135-68-59-126-50-41-117-32-23-108-5)99(139-72-63-130-54-45-121-36-27-112-9)96(78-84)136-69-60-127-51-42-118-33-24-109-6/h10-18,73-78H,19-72,79-81H2,1-9H3. The van der Waals surface area contributed by atoms with Crippen LogP contribution < -0.4 is 42.6 Å². The van der Waals surface area contributed by atoms with Crippen LogP contribution in [0, 0.1) is 0 Å². The Morgan fingerprint density at radius 3 is 0.453 bits per heavy atom. The van der Waals surface area contributed by atoms with Crippen molar-refractivity contribution in [3.8, 4) is 85.5 Å². The van der Waals surface area contributed by atoms with Crippen molar-refractivity contribution in [1.29, 1.82) is 0 Å². The third-order valence-electron chi connectivity index (χ3n) is 19.1. The van der Waals surface area contributed by atoms with Gasteiger partial charge in [0.25, 0.3) is 0 Å². The van der Waals surface area contributed by atoms with Crippen LogP contribution >= 0.6 is 0 Å². The highest BCUT2D eigenvalue weighted by atomic mass is 16.6. The normalized spacial score (nSPS) is 11.5. The molecular weight excluding hydrogens is 1820 g/mol. The van der Waals surface area contributed by atoms with E-state index in [-0.39, 0.29) is 139 Å². The van der Waals surface area contributed by atoms with E-state index in [1.54, 1.807) is 64.0 Å². The van der Waals surface area contributed by atoms with Crippen LogP contribution in [0.25, 0.3) is 33.8 Å². The van der Waals surface area contributed by atoms with Crippen LogP contribution in [-0.4, -0.2) is 441 Å². The quantitative estimate of drug-likeness (QED) is 0.0322. The monoisotopic (exact) mass is 1980 g/mol. The first kappa shape index (κ1) is 120. The number of ether oxygens (including phenoxy) is 36. The van der Waals surface area contributed by atoms with E-state index in [9.17, 15) is 0 Å². The van der Waals surface area contributed by atoms with Crippen molar-refractivity contribution >= 4 is 0 Å². The molecule has 3 heterocycles. The van der Waals surface area contributed by atoms with Crippen molar-refractivity contribution in [1.82, 2.24) is 19.9 Å². The molecule has 3 aromatic heterocycles. The number of aromatic nitrogens is 3.